The third-order valence-corrected chi connectivity index (χ3v) is 4.55. The number of nitrogens with one attached hydrogen (secondary N) is 2. The van der Waals surface area contributed by atoms with Crippen molar-refractivity contribution in [3.8, 4) is 0 Å². The molecule has 0 radical (unpaired) electrons. The summed E-state index contributed by atoms with van der Waals surface area (Å²) in [6.07, 6.45) is 1.40. The van der Waals surface area contributed by atoms with Gasteiger partial charge in [-0.05, 0) is 54.4 Å². The molecule has 0 aliphatic rings. The average molecular weight is 398 g/mol. The third kappa shape index (κ3) is 4.72. The molecular weight excluding hydrogens is 381 g/mol. The van der Waals surface area contributed by atoms with Crippen LogP contribution in [0.15, 0.2) is 60.8 Å². The number of amides is 2. The lowest BCUT2D eigenvalue weighted by Crippen LogP contribution is -2.24. The van der Waals surface area contributed by atoms with E-state index in [4.69, 9.17) is 11.6 Å². The summed E-state index contributed by atoms with van der Waals surface area (Å²) in [6, 6.07) is 14.0. The molecule has 0 saturated carbocycles. The Hall–Kier alpha value is -3.25. The molecule has 0 spiro atoms. The molecule has 0 aliphatic carbocycles. The third-order valence-electron chi connectivity index (χ3n) is 4.14. The molecule has 3 rings (SSSR count). The fraction of sp³-hybridized carbons (Fsp3) is 0.0952. The van der Waals surface area contributed by atoms with Gasteiger partial charge in [0.1, 0.15) is 11.5 Å². The maximum atomic E-state index is 12.9. The minimum Gasteiger partial charge on any atom is -0.347 e. The summed E-state index contributed by atoms with van der Waals surface area (Å²) in [4.78, 5) is 28.8. The Morgan fingerprint density at radius 1 is 1.07 bits per heavy atom. The zero-order valence-corrected chi connectivity index (χ0v) is 15.8. The van der Waals surface area contributed by atoms with Crippen LogP contribution in [-0.4, -0.2) is 16.8 Å². The highest BCUT2D eigenvalue weighted by Gasteiger charge is 2.13. The maximum absolute atomic E-state index is 12.9. The van der Waals surface area contributed by atoms with Gasteiger partial charge in [0.25, 0.3) is 11.8 Å². The van der Waals surface area contributed by atoms with Crippen molar-refractivity contribution in [3.63, 3.8) is 0 Å². The molecule has 1 aromatic heterocycles. The molecule has 2 N–H and O–H groups in total. The minimum absolute atomic E-state index is 0.109. The highest BCUT2D eigenvalue weighted by molar-refractivity contribution is 6.31. The number of anilines is 1. The first kappa shape index (κ1) is 19.5. The van der Waals surface area contributed by atoms with Crippen molar-refractivity contribution in [2.45, 2.75) is 13.5 Å². The highest BCUT2D eigenvalue weighted by atomic mass is 35.5. The number of hydrogen-bond donors (Lipinski definition) is 2. The van der Waals surface area contributed by atoms with Crippen molar-refractivity contribution >= 4 is 29.1 Å². The van der Waals surface area contributed by atoms with Crippen molar-refractivity contribution in [3.05, 3.63) is 94.0 Å². The summed E-state index contributed by atoms with van der Waals surface area (Å²) in [7, 11) is 0. The van der Waals surface area contributed by atoms with Crippen molar-refractivity contribution in [1.29, 1.82) is 0 Å². The second kappa shape index (κ2) is 8.63. The van der Waals surface area contributed by atoms with Crippen LogP contribution in [0.3, 0.4) is 0 Å². The number of carbonyl (C=O) groups excluding carboxylic acids is 2. The molecule has 3 aromatic rings. The highest BCUT2D eigenvalue weighted by Crippen LogP contribution is 2.23. The first-order chi connectivity index (χ1) is 13.4. The fourth-order valence-electron chi connectivity index (χ4n) is 2.51. The Bertz CT molecular complexity index is 1020. The van der Waals surface area contributed by atoms with E-state index in [9.17, 15) is 14.0 Å². The molecule has 28 heavy (non-hydrogen) atoms. The molecule has 0 aliphatic heterocycles. The lowest BCUT2D eigenvalue weighted by atomic mass is 10.1. The van der Waals surface area contributed by atoms with E-state index in [1.54, 1.807) is 37.3 Å². The summed E-state index contributed by atoms with van der Waals surface area (Å²) in [5, 5.41) is 6.02. The van der Waals surface area contributed by atoms with Gasteiger partial charge in [-0.25, -0.2) is 4.39 Å². The molecule has 0 fully saturated rings. The van der Waals surface area contributed by atoms with Gasteiger partial charge in [-0.1, -0.05) is 29.8 Å². The molecule has 0 atom stereocenters. The Labute approximate surface area is 166 Å². The maximum Gasteiger partial charge on any atom is 0.270 e. The van der Waals surface area contributed by atoms with Crippen LogP contribution in [-0.2, 0) is 6.54 Å². The molecule has 1 heterocycles. The van der Waals surface area contributed by atoms with Gasteiger partial charge in [0.2, 0.25) is 0 Å². The quantitative estimate of drug-likeness (QED) is 0.671. The van der Waals surface area contributed by atoms with Gasteiger partial charge in [-0.2, -0.15) is 0 Å². The number of nitrogens with zero attached hydrogens (tertiary/aromatic N) is 1. The topological polar surface area (TPSA) is 71.1 Å². The molecule has 0 unspecified atom stereocenters. The summed E-state index contributed by atoms with van der Waals surface area (Å²) >= 11 is 6.07. The van der Waals surface area contributed by atoms with Crippen LogP contribution >= 0.6 is 11.6 Å². The van der Waals surface area contributed by atoms with Gasteiger partial charge < -0.3 is 10.6 Å². The van der Waals surface area contributed by atoms with Gasteiger partial charge in [0.05, 0.1) is 0 Å². The number of pyridine rings is 1. The molecule has 5 nitrogen and oxygen atoms in total. The molecule has 7 heteroatoms. The van der Waals surface area contributed by atoms with Crippen LogP contribution in [0.25, 0.3) is 0 Å². The van der Waals surface area contributed by atoms with Crippen LogP contribution in [0.5, 0.6) is 0 Å². The SMILES string of the molecule is Cc1c(Cl)cccc1NC(=O)c1ccnc(C(=O)NCc2ccc(F)cc2)c1. The first-order valence-electron chi connectivity index (χ1n) is 8.49. The van der Waals surface area contributed by atoms with Crippen molar-refractivity contribution in [2.24, 2.45) is 0 Å². The van der Waals surface area contributed by atoms with E-state index in [0.717, 1.165) is 11.1 Å². The van der Waals surface area contributed by atoms with E-state index >= 15 is 0 Å². The van der Waals surface area contributed by atoms with Crippen molar-refractivity contribution in [2.75, 3.05) is 5.32 Å². The van der Waals surface area contributed by atoms with Gasteiger partial charge >= 0.3 is 0 Å². The summed E-state index contributed by atoms with van der Waals surface area (Å²) in [5.41, 5.74) is 2.50. The molecule has 142 valence electrons. The van der Waals surface area contributed by atoms with Gasteiger partial charge in [-0.3, -0.25) is 14.6 Å². The van der Waals surface area contributed by atoms with Gasteiger partial charge in [-0.15, -0.1) is 0 Å². The number of aromatic nitrogens is 1. The largest absolute Gasteiger partial charge is 0.347 e. The summed E-state index contributed by atoms with van der Waals surface area (Å²) in [5.74, 6) is -1.15. The molecule has 2 aromatic carbocycles. The van der Waals surface area contributed by atoms with Crippen LogP contribution in [0.1, 0.15) is 32.0 Å². The number of carbonyl (C=O) groups is 2. The normalized spacial score (nSPS) is 10.4. The van der Waals surface area contributed by atoms with E-state index in [-0.39, 0.29) is 24.0 Å². The van der Waals surface area contributed by atoms with E-state index in [0.29, 0.717) is 16.3 Å². The second-order valence-corrected chi connectivity index (χ2v) is 6.51. The Morgan fingerprint density at radius 2 is 1.82 bits per heavy atom. The summed E-state index contributed by atoms with van der Waals surface area (Å²) in [6.45, 7) is 2.03. The predicted molar refractivity (Wildman–Crippen MR) is 106 cm³/mol. The van der Waals surface area contributed by atoms with Crippen LogP contribution in [0.2, 0.25) is 5.02 Å². The lowest BCUT2D eigenvalue weighted by molar-refractivity contribution is 0.0946. The van der Waals surface area contributed by atoms with Crippen molar-refractivity contribution in [1.82, 2.24) is 10.3 Å². The average Bonchev–Trinajstić information content (AvgIpc) is 2.71. The van der Waals surface area contributed by atoms with E-state index in [1.165, 1.54) is 30.5 Å². The van der Waals surface area contributed by atoms with E-state index in [1.807, 2.05) is 0 Å². The van der Waals surface area contributed by atoms with Gasteiger partial charge in [0, 0.05) is 29.0 Å². The van der Waals surface area contributed by atoms with E-state index in [2.05, 4.69) is 15.6 Å². The number of halogens is 2. The second-order valence-electron chi connectivity index (χ2n) is 6.11. The Kier molecular flexibility index (Phi) is 6.01. The van der Waals surface area contributed by atoms with Gasteiger partial charge in [0.15, 0.2) is 0 Å². The summed E-state index contributed by atoms with van der Waals surface area (Å²) < 4.78 is 12.9. The Morgan fingerprint density at radius 3 is 2.57 bits per heavy atom. The van der Waals surface area contributed by atoms with Crippen molar-refractivity contribution < 1.29 is 14.0 Å². The monoisotopic (exact) mass is 397 g/mol. The molecule has 0 saturated heterocycles. The zero-order valence-electron chi connectivity index (χ0n) is 15.0. The molecule has 2 amide bonds. The first-order valence-corrected chi connectivity index (χ1v) is 8.87. The standard InChI is InChI=1S/C21H17ClFN3O2/c1-13-17(22)3-2-4-18(13)26-20(27)15-9-10-24-19(11-15)21(28)25-12-14-5-7-16(23)8-6-14/h2-11H,12H2,1H3,(H,25,28)(H,26,27). The number of benzene rings is 2. The molecular formula is C21H17ClFN3O2. The fourth-order valence-corrected chi connectivity index (χ4v) is 2.68. The zero-order chi connectivity index (χ0) is 20.1. The number of rotatable bonds is 5. The van der Waals surface area contributed by atoms with Crippen LogP contribution in [0, 0.1) is 12.7 Å². The smallest absolute Gasteiger partial charge is 0.270 e. The predicted octanol–water partition coefficient (Wildman–Crippen LogP) is 4.36. The number of hydrogen-bond acceptors (Lipinski definition) is 3. The lowest BCUT2D eigenvalue weighted by Gasteiger charge is -2.10. The van der Waals surface area contributed by atoms with E-state index < -0.39 is 5.91 Å². The van der Waals surface area contributed by atoms with Crippen LogP contribution in [0.4, 0.5) is 10.1 Å². The van der Waals surface area contributed by atoms with Crippen LogP contribution < -0.4 is 10.6 Å². The molecule has 0 bridgehead atoms. The Balaban J connectivity index is 1.68. The minimum atomic E-state index is -0.432.